The van der Waals surface area contributed by atoms with Crippen LogP contribution in [0.2, 0.25) is 0 Å². The van der Waals surface area contributed by atoms with E-state index in [4.69, 9.17) is 9.72 Å². The molecular weight excluding hydrogens is 490 g/mol. The van der Waals surface area contributed by atoms with Crippen LogP contribution in [0, 0.1) is 13.8 Å². The van der Waals surface area contributed by atoms with Crippen LogP contribution in [0.5, 0.6) is 5.75 Å². The Labute approximate surface area is 209 Å². The highest BCUT2D eigenvalue weighted by molar-refractivity contribution is 9.10. The molecular formula is C28H30BrN3O2. The zero-order valence-corrected chi connectivity index (χ0v) is 22.0. The summed E-state index contributed by atoms with van der Waals surface area (Å²) < 4.78 is 8.34. The first-order valence-corrected chi connectivity index (χ1v) is 12.1. The van der Waals surface area contributed by atoms with Gasteiger partial charge in [0.2, 0.25) is 5.91 Å². The number of hydrogen-bond donors (Lipinski definition) is 1. The number of ether oxygens (including phenoxy) is 1. The molecule has 1 aromatic heterocycles. The second kappa shape index (κ2) is 9.26. The number of rotatable bonds is 5. The molecule has 1 amide bonds. The number of carbonyl (C=O) groups excluding carboxylic acids is 1. The molecule has 34 heavy (non-hydrogen) atoms. The summed E-state index contributed by atoms with van der Waals surface area (Å²) in [6.45, 7) is 10.1. The molecule has 5 nitrogen and oxygen atoms in total. The molecule has 0 aliphatic rings. The Balaban J connectivity index is 2.05. The highest BCUT2D eigenvalue weighted by atomic mass is 79.9. The Bertz CT molecular complexity index is 1350. The van der Waals surface area contributed by atoms with Gasteiger partial charge in [0, 0.05) is 15.6 Å². The van der Waals surface area contributed by atoms with Gasteiger partial charge in [-0.3, -0.25) is 4.79 Å². The minimum atomic E-state index is -0.626. The van der Waals surface area contributed by atoms with Gasteiger partial charge in [0.1, 0.15) is 17.6 Å². The molecule has 0 fully saturated rings. The molecule has 4 aromatic rings. The number of methoxy groups -OCH3 is 1. The molecule has 1 unspecified atom stereocenters. The lowest BCUT2D eigenvalue weighted by Gasteiger charge is -2.27. The van der Waals surface area contributed by atoms with Crippen LogP contribution in [0.1, 0.15) is 43.5 Å². The lowest BCUT2D eigenvalue weighted by molar-refractivity contribution is -0.124. The van der Waals surface area contributed by atoms with Crippen molar-refractivity contribution in [3.05, 3.63) is 81.8 Å². The number of nitrogens with one attached hydrogen (secondary N) is 1. The summed E-state index contributed by atoms with van der Waals surface area (Å²) in [6.07, 6.45) is 0. The minimum absolute atomic E-state index is 0.0940. The predicted molar refractivity (Wildman–Crippen MR) is 141 cm³/mol. The second-order valence-corrected chi connectivity index (χ2v) is 10.5. The maximum atomic E-state index is 13.9. The zero-order chi connectivity index (χ0) is 24.6. The van der Waals surface area contributed by atoms with E-state index in [2.05, 4.69) is 51.8 Å². The van der Waals surface area contributed by atoms with E-state index in [1.807, 2.05) is 69.3 Å². The Morgan fingerprint density at radius 1 is 1.03 bits per heavy atom. The Kier molecular flexibility index (Phi) is 6.54. The molecule has 0 spiro atoms. The number of imidazole rings is 1. The Morgan fingerprint density at radius 3 is 2.29 bits per heavy atom. The van der Waals surface area contributed by atoms with E-state index in [0.29, 0.717) is 0 Å². The standard InChI is InChI=1S/C28H30BrN3O2/c1-17-15-23-24(16-18(17)2)32(26(30-23)21-9-7-8-10-22(21)29)25(27(33)31-28(3,4)5)19-11-13-20(34-6)14-12-19/h7-16,25H,1-6H3,(H,31,33). The van der Waals surface area contributed by atoms with Crippen molar-refractivity contribution < 1.29 is 9.53 Å². The van der Waals surface area contributed by atoms with E-state index < -0.39 is 11.6 Å². The van der Waals surface area contributed by atoms with Gasteiger partial charge in [-0.25, -0.2) is 4.98 Å². The summed E-state index contributed by atoms with van der Waals surface area (Å²) in [7, 11) is 1.64. The average molecular weight is 520 g/mol. The monoisotopic (exact) mass is 519 g/mol. The number of aromatic nitrogens is 2. The van der Waals surface area contributed by atoms with Gasteiger partial charge in [-0.2, -0.15) is 0 Å². The van der Waals surface area contributed by atoms with Crippen LogP contribution in [-0.2, 0) is 4.79 Å². The van der Waals surface area contributed by atoms with Crippen molar-refractivity contribution in [2.24, 2.45) is 0 Å². The molecule has 0 saturated carbocycles. The highest BCUT2D eigenvalue weighted by Gasteiger charge is 2.31. The van der Waals surface area contributed by atoms with Crippen molar-refractivity contribution in [1.82, 2.24) is 14.9 Å². The van der Waals surface area contributed by atoms with E-state index in [1.165, 1.54) is 0 Å². The Hall–Kier alpha value is -3.12. The minimum Gasteiger partial charge on any atom is -0.497 e. The van der Waals surface area contributed by atoms with Gasteiger partial charge >= 0.3 is 0 Å². The van der Waals surface area contributed by atoms with Gasteiger partial charge < -0.3 is 14.6 Å². The molecule has 0 radical (unpaired) electrons. The number of hydrogen-bond acceptors (Lipinski definition) is 3. The number of benzene rings is 3. The van der Waals surface area contributed by atoms with E-state index >= 15 is 0 Å². The van der Waals surface area contributed by atoms with Gasteiger partial charge in [0.25, 0.3) is 0 Å². The summed E-state index contributed by atoms with van der Waals surface area (Å²) in [6, 6.07) is 19.2. The maximum absolute atomic E-state index is 13.9. The van der Waals surface area contributed by atoms with Crippen LogP contribution in [0.15, 0.2) is 65.1 Å². The molecule has 3 aromatic carbocycles. The van der Waals surface area contributed by atoms with Crippen molar-refractivity contribution in [2.75, 3.05) is 7.11 Å². The van der Waals surface area contributed by atoms with Crippen molar-refractivity contribution in [1.29, 1.82) is 0 Å². The summed E-state index contributed by atoms with van der Waals surface area (Å²) in [5.41, 5.74) is 5.48. The third-order valence-electron chi connectivity index (χ3n) is 5.86. The molecule has 4 rings (SSSR count). The van der Waals surface area contributed by atoms with Crippen molar-refractivity contribution in [3.8, 4) is 17.1 Å². The lowest BCUT2D eigenvalue weighted by Crippen LogP contribution is -2.44. The largest absolute Gasteiger partial charge is 0.497 e. The predicted octanol–water partition coefficient (Wildman–Crippen LogP) is 6.60. The van der Waals surface area contributed by atoms with Crippen LogP contribution in [0.4, 0.5) is 0 Å². The smallest absolute Gasteiger partial charge is 0.248 e. The fourth-order valence-corrected chi connectivity index (χ4v) is 4.55. The molecule has 0 bridgehead atoms. The molecule has 1 heterocycles. The maximum Gasteiger partial charge on any atom is 0.248 e. The first-order chi connectivity index (χ1) is 16.1. The van der Waals surface area contributed by atoms with Crippen LogP contribution in [0.25, 0.3) is 22.4 Å². The van der Waals surface area contributed by atoms with Crippen LogP contribution in [0.3, 0.4) is 0 Å². The van der Waals surface area contributed by atoms with Gasteiger partial charge in [-0.15, -0.1) is 0 Å². The van der Waals surface area contributed by atoms with E-state index in [-0.39, 0.29) is 5.91 Å². The van der Waals surface area contributed by atoms with E-state index in [1.54, 1.807) is 7.11 Å². The van der Waals surface area contributed by atoms with Crippen LogP contribution >= 0.6 is 15.9 Å². The first kappa shape index (κ1) is 24.0. The lowest BCUT2D eigenvalue weighted by atomic mass is 10.0. The average Bonchev–Trinajstić information content (AvgIpc) is 3.11. The van der Waals surface area contributed by atoms with Gasteiger partial charge in [0.15, 0.2) is 0 Å². The SMILES string of the molecule is COc1ccc(C(C(=O)NC(C)(C)C)n2c(-c3ccccc3Br)nc3cc(C)c(C)cc32)cc1. The third-order valence-corrected chi connectivity index (χ3v) is 6.55. The van der Waals surface area contributed by atoms with Gasteiger partial charge in [0.05, 0.1) is 18.1 Å². The van der Waals surface area contributed by atoms with Gasteiger partial charge in [-0.1, -0.05) is 46.3 Å². The highest BCUT2D eigenvalue weighted by Crippen LogP contribution is 2.36. The topological polar surface area (TPSA) is 56.1 Å². The fourth-order valence-electron chi connectivity index (χ4n) is 4.09. The summed E-state index contributed by atoms with van der Waals surface area (Å²) in [4.78, 5) is 18.9. The number of amides is 1. The number of nitrogens with zero attached hydrogens (tertiary/aromatic N) is 2. The van der Waals surface area contributed by atoms with Gasteiger partial charge in [-0.05, 0) is 81.6 Å². The molecule has 0 saturated heterocycles. The molecule has 1 N–H and O–H groups in total. The summed E-state index contributed by atoms with van der Waals surface area (Å²) in [5, 5.41) is 3.19. The second-order valence-electron chi connectivity index (χ2n) is 9.63. The molecule has 0 aliphatic carbocycles. The molecule has 6 heteroatoms. The van der Waals surface area contributed by atoms with Crippen molar-refractivity contribution in [3.63, 3.8) is 0 Å². The molecule has 1 atom stereocenters. The molecule has 0 aliphatic heterocycles. The number of aryl methyl sites for hydroxylation is 2. The van der Waals surface area contributed by atoms with Crippen molar-refractivity contribution in [2.45, 2.75) is 46.2 Å². The summed E-state index contributed by atoms with van der Waals surface area (Å²) >= 11 is 3.69. The number of fused-ring (bicyclic) bond motifs is 1. The quantitative estimate of drug-likeness (QED) is 0.323. The zero-order valence-electron chi connectivity index (χ0n) is 20.4. The first-order valence-electron chi connectivity index (χ1n) is 11.3. The summed E-state index contributed by atoms with van der Waals surface area (Å²) in [5.74, 6) is 1.38. The van der Waals surface area contributed by atoms with E-state index in [9.17, 15) is 4.79 Å². The molecule has 176 valence electrons. The van der Waals surface area contributed by atoms with Crippen LogP contribution in [-0.4, -0.2) is 28.1 Å². The number of halogens is 1. The fraction of sp³-hybridized carbons (Fsp3) is 0.286. The van der Waals surface area contributed by atoms with Crippen molar-refractivity contribution >= 4 is 32.9 Å². The van der Waals surface area contributed by atoms with E-state index in [0.717, 1.165) is 49.3 Å². The number of carbonyl (C=O) groups is 1. The third kappa shape index (κ3) is 4.73. The normalized spacial score (nSPS) is 12.6. The van der Waals surface area contributed by atoms with Crippen LogP contribution < -0.4 is 10.1 Å². The Morgan fingerprint density at radius 2 is 1.68 bits per heavy atom.